The molecule has 128 valence electrons. The molecule has 2 rings (SSSR count). The number of carbonyl (C=O) groups excluding carboxylic acids is 1. The van der Waals surface area contributed by atoms with Crippen LogP contribution in [0.2, 0.25) is 0 Å². The second-order valence-corrected chi connectivity index (χ2v) is 6.16. The Balaban J connectivity index is 1.80. The Morgan fingerprint density at radius 2 is 1.75 bits per heavy atom. The van der Waals surface area contributed by atoms with Crippen molar-refractivity contribution in [2.24, 2.45) is 0 Å². The largest absolute Gasteiger partial charge is 0.490 e. The molecule has 0 fully saturated rings. The number of hydrogen-bond acceptors (Lipinski definition) is 4. The predicted molar refractivity (Wildman–Crippen MR) is 95.6 cm³/mol. The highest BCUT2D eigenvalue weighted by molar-refractivity contribution is 9.10. The van der Waals surface area contributed by atoms with Crippen molar-refractivity contribution < 1.29 is 19.4 Å². The van der Waals surface area contributed by atoms with Gasteiger partial charge in [0.25, 0.3) is 5.91 Å². The number of rotatable bonds is 8. The molecule has 0 bridgehead atoms. The molecular weight excluding hydrogens is 374 g/mol. The molecule has 1 amide bonds. The lowest BCUT2D eigenvalue weighted by molar-refractivity contribution is 0.0923. The van der Waals surface area contributed by atoms with Gasteiger partial charge in [0.15, 0.2) is 0 Å². The van der Waals surface area contributed by atoms with Gasteiger partial charge in [0.2, 0.25) is 0 Å². The van der Waals surface area contributed by atoms with Gasteiger partial charge in [-0.25, -0.2) is 0 Å². The van der Waals surface area contributed by atoms with E-state index in [0.717, 1.165) is 10.2 Å². The topological polar surface area (TPSA) is 67.8 Å². The van der Waals surface area contributed by atoms with Gasteiger partial charge in [-0.1, -0.05) is 28.1 Å². The van der Waals surface area contributed by atoms with Gasteiger partial charge in [-0.2, -0.15) is 0 Å². The van der Waals surface area contributed by atoms with Crippen molar-refractivity contribution in [2.75, 3.05) is 19.8 Å². The normalized spacial score (nSPS) is 11.6. The molecule has 0 aromatic heterocycles. The third kappa shape index (κ3) is 6.22. The van der Waals surface area contributed by atoms with E-state index >= 15 is 0 Å². The Kier molecular flexibility index (Phi) is 7.08. The maximum atomic E-state index is 11.9. The van der Waals surface area contributed by atoms with Gasteiger partial charge in [-0.05, 0) is 43.3 Å². The third-order valence-corrected chi connectivity index (χ3v) is 3.56. The standard InChI is InChI=1S/C18H20BrNO4/c1-13(21)12-20-18(22)14-4-2-6-16(10-14)23-8-9-24-17-7-3-5-15(19)11-17/h2-7,10-11,13,21H,8-9,12H2,1H3,(H,20,22). The monoisotopic (exact) mass is 393 g/mol. The zero-order valence-corrected chi connectivity index (χ0v) is 15.0. The van der Waals surface area contributed by atoms with Gasteiger partial charge in [0.1, 0.15) is 24.7 Å². The molecule has 2 N–H and O–H groups in total. The number of ether oxygens (including phenoxy) is 2. The van der Waals surface area contributed by atoms with Crippen LogP contribution < -0.4 is 14.8 Å². The summed E-state index contributed by atoms with van der Waals surface area (Å²) < 4.78 is 12.2. The third-order valence-electron chi connectivity index (χ3n) is 3.07. The molecule has 0 saturated carbocycles. The lowest BCUT2D eigenvalue weighted by Crippen LogP contribution is -2.30. The molecule has 0 saturated heterocycles. The quantitative estimate of drug-likeness (QED) is 0.676. The zero-order chi connectivity index (χ0) is 17.4. The lowest BCUT2D eigenvalue weighted by Gasteiger charge is -2.10. The first-order chi connectivity index (χ1) is 11.5. The van der Waals surface area contributed by atoms with Crippen LogP contribution >= 0.6 is 15.9 Å². The summed E-state index contributed by atoms with van der Waals surface area (Å²) in [5.41, 5.74) is 0.487. The van der Waals surface area contributed by atoms with Crippen LogP contribution in [0.4, 0.5) is 0 Å². The first-order valence-electron chi connectivity index (χ1n) is 7.62. The van der Waals surface area contributed by atoms with Gasteiger partial charge in [0, 0.05) is 16.6 Å². The van der Waals surface area contributed by atoms with Crippen LogP contribution in [0, 0.1) is 0 Å². The number of amides is 1. The fraction of sp³-hybridized carbons (Fsp3) is 0.278. The summed E-state index contributed by atoms with van der Waals surface area (Å²) in [6.07, 6.45) is -0.580. The van der Waals surface area contributed by atoms with E-state index in [1.54, 1.807) is 31.2 Å². The number of halogens is 1. The van der Waals surface area contributed by atoms with Gasteiger partial charge in [0.05, 0.1) is 6.10 Å². The molecule has 0 aliphatic heterocycles. The summed E-state index contributed by atoms with van der Waals surface area (Å²) in [6, 6.07) is 14.5. The molecule has 0 radical (unpaired) electrons. The highest BCUT2D eigenvalue weighted by Gasteiger charge is 2.07. The van der Waals surface area contributed by atoms with E-state index in [2.05, 4.69) is 21.2 Å². The first-order valence-corrected chi connectivity index (χ1v) is 8.41. The van der Waals surface area contributed by atoms with Crippen molar-refractivity contribution in [1.82, 2.24) is 5.32 Å². The van der Waals surface area contributed by atoms with E-state index < -0.39 is 6.10 Å². The summed E-state index contributed by atoms with van der Waals surface area (Å²) >= 11 is 3.39. The van der Waals surface area contributed by atoms with Crippen LogP contribution in [0.1, 0.15) is 17.3 Å². The molecule has 5 nitrogen and oxygen atoms in total. The number of aliphatic hydroxyl groups excluding tert-OH is 1. The van der Waals surface area contributed by atoms with Crippen LogP contribution in [-0.2, 0) is 0 Å². The lowest BCUT2D eigenvalue weighted by atomic mass is 10.2. The fourth-order valence-corrected chi connectivity index (χ4v) is 2.32. The zero-order valence-electron chi connectivity index (χ0n) is 13.4. The average Bonchev–Trinajstić information content (AvgIpc) is 2.57. The first kappa shape index (κ1) is 18.3. The molecular formula is C18H20BrNO4. The molecule has 1 atom stereocenters. The highest BCUT2D eigenvalue weighted by atomic mass is 79.9. The van der Waals surface area contributed by atoms with Gasteiger partial charge < -0.3 is 19.9 Å². The van der Waals surface area contributed by atoms with Crippen molar-refractivity contribution in [1.29, 1.82) is 0 Å². The van der Waals surface area contributed by atoms with Crippen LogP contribution in [0.15, 0.2) is 53.0 Å². The number of hydrogen-bond donors (Lipinski definition) is 2. The van der Waals surface area contributed by atoms with Gasteiger partial charge in [-0.15, -0.1) is 0 Å². The Morgan fingerprint density at radius 1 is 1.12 bits per heavy atom. The molecule has 1 unspecified atom stereocenters. The molecule has 24 heavy (non-hydrogen) atoms. The van der Waals surface area contributed by atoms with Crippen molar-refractivity contribution >= 4 is 21.8 Å². The van der Waals surface area contributed by atoms with Crippen molar-refractivity contribution in [2.45, 2.75) is 13.0 Å². The predicted octanol–water partition coefficient (Wildman–Crippen LogP) is 3.02. The van der Waals surface area contributed by atoms with E-state index in [1.807, 2.05) is 24.3 Å². The van der Waals surface area contributed by atoms with Crippen molar-refractivity contribution in [3.8, 4) is 11.5 Å². The number of benzene rings is 2. The number of aliphatic hydroxyl groups is 1. The SMILES string of the molecule is CC(O)CNC(=O)c1cccc(OCCOc2cccc(Br)c2)c1. The summed E-state index contributed by atoms with van der Waals surface area (Å²) in [7, 11) is 0. The smallest absolute Gasteiger partial charge is 0.251 e. The van der Waals surface area contributed by atoms with E-state index in [9.17, 15) is 9.90 Å². The summed E-state index contributed by atoms with van der Waals surface area (Å²) in [5, 5.41) is 11.8. The number of nitrogens with one attached hydrogen (secondary N) is 1. The molecule has 2 aromatic rings. The van der Waals surface area contributed by atoms with E-state index in [0.29, 0.717) is 24.5 Å². The van der Waals surface area contributed by atoms with Crippen molar-refractivity contribution in [3.05, 3.63) is 58.6 Å². The number of carbonyl (C=O) groups is 1. The average molecular weight is 394 g/mol. The Labute approximate surface area is 149 Å². The van der Waals surface area contributed by atoms with Crippen LogP contribution in [0.3, 0.4) is 0 Å². The van der Waals surface area contributed by atoms with Gasteiger partial charge in [-0.3, -0.25) is 4.79 Å². The summed E-state index contributed by atoms with van der Waals surface area (Å²) in [4.78, 5) is 11.9. The molecule has 0 spiro atoms. The minimum atomic E-state index is -0.580. The highest BCUT2D eigenvalue weighted by Crippen LogP contribution is 2.18. The Bertz CT molecular complexity index is 676. The minimum absolute atomic E-state index is 0.213. The summed E-state index contributed by atoms with van der Waals surface area (Å²) in [6.45, 7) is 2.59. The molecule has 2 aromatic carbocycles. The van der Waals surface area contributed by atoms with Gasteiger partial charge >= 0.3 is 0 Å². The van der Waals surface area contributed by atoms with Crippen LogP contribution in [-0.4, -0.2) is 36.9 Å². The summed E-state index contributed by atoms with van der Waals surface area (Å²) in [5.74, 6) is 1.11. The van der Waals surface area contributed by atoms with E-state index in [1.165, 1.54) is 0 Å². The molecule has 0 heterocycles. The van der Waals surface area contributed by atoms with Crippen LogP contribution in [0.25, 0.3) is 0 Å². The fourth-order valence-electron chi connectivity index (χ4n) is 1.95. The van der Waals surface area contributed by atoms with E-state index in [4.69, 9.17) is 9.47 Å². The minimum Gasteiger partial charge on any atom is -0.490 e. The Morgan fingerprint density at radius 3 is 2.38 bits per heavy atom. The second-order valence-electron chi connectivity index (χ2n) is 5.24. The van der Waals surface area contributed by atoms with Crippen LogP contribution in [0.5, 0.6) is 11.5 Å². The molecule has 0 aliphatic carbocycles. The Hall–Kier alpha value is -2.05. The maximum absolute atomic E-state index is 11.9. The molecule has 0 aliphatic rings. The van der Waals surface area contributed by atoms with E-state index in [-0.39, 0.29) is 12.5 Å². The molecule has 6 heteroatoms. The maximum Gasteiger partial charge on any atom is 0.251 e. The second kappa shape index (κ2) is 9.30. The van der Waals surface area contributed by atoms with Crippen molar-refractivity contribution in [3.63, 3.8) is 0 Å².